The molecule has 196 valence electrons. The minimum Gasteiger partial charge on any atom is -0.475 e. The van der Waals surface area contributed by atoms with Crippen LogP contribution in [0.25, 0.3) is 11.4 Å². The van der Waals surface area contributed by atoms with Crippen molar-refractivity contribution in [3.8, 4) is 11.4 Å². The predicted molar refractivity (Wildman–Crippen MR) is 113 cm³/mol. The molecule has 0 spiro atoms. The molecule has 1 aromatic carbocycles. The number of imidazole rings is 1. The van der Waals surface area contributed by atoms with Crippen LogP contribution in [0, 0.1) is 0 Å². The number of benzene rings is 1. The molecular formula is C21H26F6N4O4. The van der Waals surface area contributed by atoms with Gasteiger partial charge in [-0.1, -0.05) is 37.3 Å². The van der Waals surface area contributed by atoms with E-state index >= 15 is 0 Å². The fraction of sp³-hybridized carbons (Fsp3) is 0.476. The van der Waals surface area contributed by atoms with Gasteiger partial charge in [-0.05, 0) is 13.5 Å². The maximum atomic E-state index is 10.6. The van der Waals surface area contributed by atoms with Crippen LogP contribution < -0.4 is 0 Å². The van der Waals surface area contributed by atoms with Gasteiger partial charge in [0.15, 0.2) is 0 Å². The van der Waals surface area contributed by atoms with Crippen LogP contribution in [0.3, 0.4) is 0 Å². The molecule has 2 heterocycles. The van der Waals surface area contributed by atoms with E-state index in [1.54, 1.807) is 0 Å². The molecule has 1 fully saturated rings. The van der Waals surface area contributed by atoms with Gasteiger partial charge in [-0.25, -0.2) is 14.6 Å². The highest BCUT2D eigenvalue weighted by molar-refractivity contribution is 5.73. The van der Waals surface area contributed by atoms with Crippen LogP contribution in [0.5, 0.6) is 0 Å². The lowest BCUT2D eigenvalue weighted by Crippen LogP contribution is -2.50. The monoisotopic (exact) mass is 512 g/mol. The summed E-state index contributed by atoms with van der Waals surface area (Å²) in [7, 11) is 2.23. The normalized spacial score (nSPS) is 17.0. The summed E-state index contributed by atoms with van der Waals surface area (Å²) in [4.78, 5) is 30.8. The lowest BCUT2D eigenvalue weighted by molar-refractivity contribution is -0.193. The van der Waals surface area contributed by atoms with Crippen molar-refractivity contribution >= 4 is 11.9 Å². The van der Waals surface area contributed by atoms with Crippen LogP contribution in [-0.2, 0) is 16.1 Å². The zero-order valence-electron chi connectivity index (χ0n) is 18.9. The number of aliphatic carboxylic acids is 2. The van der Waals surface area contributed by atoms with Gasteiger partial charge in [-0.2, -0.15) is 26.3 Å². The number of alkyl halides is 6. The molecule has 0 amide bonds. The first-order valence-corrected chi connectivity index (χ1v) is 10.3. The average molecular weight is 512 g/mol. The van der Waals surface area contributed by atoms with Gasteiger partial charge in [0.2, 0.25) is 0 Å². The zero-order valence-corrected chi connectivity index (χ0v) is 18.9. The summed E-state index contributed by atoms with van der Waals surface area (Å²) < 4.78 is 63.5. The van der Waals surface area contributed by atoms with Crippen LogP contribution >= 0.6 is 0 Å². The van der Waals surface area contributed by atoms with Crippen molar-refractivity contribution in [3.63, 3.8) is 0 Å². The largest absolute Gasteiger partial charge is 0.490 e. The summed E-state index contributed by atoms with van der Waals surface area (Å²) in [5, 5.41) is 14.2. The Bertz CT molecular complexity index is 910. The fourth-order valence-electron chi connectivity index (χ4n) is 3.02. The van der Waals surface area contributed by atoms with Crippen LogP contribution in [0.4, 0.5) is 26.3 Å². The molecule has 1 aliphatic rings. The minimum absolute atomic E-state index is 0.676. The Kier molecular flexibility index (Phi) is 11.2. The van der Waals surface area contributed by atoms with Crippen LogP contribution in [0.15, 0.2) is 36.5 Å². The van der Waals surface area contributed by atoms with Gasteiger partial charge in [0, 0.05) is 49.7 Å². The molecule has 0 saturated carbocycles. The van der Waals surface area contributed by atoms with Gasteiger partial charge < -0.3 is 20.1 Å². The lowest BCUT2D eigenvalue weighted by atomic mass is 10.1. The maximum Gasteiger partial charge on any atom is 0.490 e. The topological polar surface area (TPSA) is 110 Å². The van der Waals surface area contributed by atoms with Crippen LogP contribution in [0.1, 0.15) is 19.0 Å². The lowest BCUT2D eigenvalue weighted by Gasteiger charge is -2.38. The van der Waals surface area contributed by atoms with E-state index in [1.807, 2.05) is 24.4 Å². The number of rotatable bonds is 4. The second-order valence-electron chi connectivity index (χ2n) is 7.51. The first-order valence-electron chi connectivity index (χ1n) is 10.3. The molecule has 3 N–H and O–H groups in total. The molecule has 35 heavy (non-hydrogen) atoms. The maximum absolute atomic E-state index is 10.6. The third kappa shape index (κ3) is 10.8. The van der Waals surface area contributed by atoms with E-state index < -0.39 is 24.3 Å². The molecule has 0 bridgehead atoms. The van der Waals surface area contributed by atoms with Gasteiger partial charge >= 0.3 is 24.3 Å². The fourth-order valence-corrected chi connectivity index (χ4v) is 3.02. The minimum atomic E-state index is -5.08. The molecule has 1 aliphatic heterocycles. The zero-order chi connectivity index (χ0) is 26.8. The Morgan fingerprint density at radius 1 is 1.03 bits per heavy atom. The van der Waals surface area contributed by atoms with Crippen molar-refractivity contribution in [1.82, 2.24) is 19.8 Å². The number of H-pyrrole nitrogens is 1. The van der Waals surface area contributed by atoms with Gasteiger partial charge in [-0.15, -0.1) is 0 Å². The van der Waals surface area contributed by atoms with Crippen molar-refractivity contribution in [2.24, 2.45) is 0 Å². The Balaban J connectivity index is 0.000000362. The van der Waals surface area contributed by atoms with E-state index in [9.17, 15) is 26.3 Å². The van der Waals surface area contributed by atoms with Crippen LogP contribution in [-0.4, -0.2) is 87.0 Å². The summed E-state index contributed by atoms with van der Waals surface area (Å²) >= 11 is 0. The van der Waals surface area contributed by atoms with E-state index in [2.05, 4.69) is 45.9 Å². The summed E-state index contributed by atoms with van der Waals surface area (Å²) in [6.07, 6.45) is -6.98. The van der Waals surface area contributed by atoms with E-state index in [4.69, 9.17) is 19.8 Å². The van der Waals surface area contributed by atoms with Gasteiger partial charge in [-0.3, -0.25) is 4.90 Å². The molecule has 14 heteroatoms. The molecule has 1 saturated heterocycles. The number of piperazine rings is 1. The molecule has 8 nitrogen and oxygen atoms in total. The standard InChI is InChI=1S/C17H24N4.2C2HF3O2/c1-3-16-13-21(10-9-20(16)2)12-15-11-18-17(19-15)14-7-5-4-6-8-14;2*3-2(4,5)1(6)7/h4-8,11,16H,3,9-10,12-13H2,1-2H3,(H,18,19);2*(H,6,7). The second kappa shape index (κ2) is 13.1. The van der Waals surface area contributed by atoms with Crippen molar-refractivity contribution in [2.75, 3.05) is 26.7 Å². The number of nitrogens with one attached hydrogen (secondary N) is 1. The third-order valence-corrected chi connectivity index (χ3v) is 4.89. The number of likely N-dealkylation sites (N-methyl/N-ethyl adjacent to an activating group) is 1. The number of nitrogens with zero attached hydrogens (tertiary/aromatic N) is 3. The summed E-state index contributed by atoms with van der Waals surface area (Å²) in [5.41, 5.74) is 2.35. The van der Waals surface area contributed by atoms with Crippen molar-refractivity contribution < 1.29 is 46.1 Å². The van der Waals surface area contributed by atoms with Crippen molar-refractivity contribution in [1.29, 1.82) is 0 Å². The Hall–Kier alpha value is -3.13. The van der Waals surface area contributed by atoms with E-state index in [-0.39, 0.29) is 0 Å². The smallest absolute Gasteiger partial charge is 0.475 e. The number of hydrogen-bond acceptors (Lipinski definition) is 5. The molecule has 1 unspecified atom stereocenters. The predicted octanol–water partition coefficient (Wildman–Crippen LogP) is 3.87. The number of aromatic amines is 1. The number of aromatic nitrogens is 2. The summed E-state index contributed by atoms with van der Waals surface area (Å²) in [5.74, 6) is -4.55. The highest BCUT2D eigenvalue weighted by Crippen LogP contribution is 2.17. The number of carboxylic acid groups (broad SMARTS) is 2. The van der Waals surface area contributed by atoms with Crippen molar-refractivity contribution in [3.05, 3.63) is 42.2 Å². The number of halogens is 6. The molecule has 2 aromatic rings. The number of carboxylic acids is 2. The first kappa shape index (κ1) is 29.9. The highest BCUT2D eigenvalue weighted by atomic mass is 19.4. The number of hydrogen-bond donors (Lipinski definition) is 3. The molecule has 1 atom stereocenters. The second-order valence-corrected chi connectivity index (χ2v) is 7.51. The number of carbonyl (C=O) groups is 2. The molecule has 0 aliphatic carbocycles. The van der Waals surface area contributed by atoms with Gasteiger partial charge in [0.25, 0.3) is 0 Å². The van der Waals surface area contributed by atoms with E-state index in [0.717, 1.165) is 37.6 Å². The molecular weight excluding hydrogens is 486 g/mol. The Labute approximate surface area is 197 Å². The third-order valence-electron chi connectivity index (χ3n) is 4.89. The molecule has 3 rings (SSSR count). The summed E-state index contributed by atoms with van der Waals surface area (Å²) in [6, 6.07) is 11.0. The van der Waals surface area contributed by atoms with E-state index in [1.165, 1.54) is 12.1 Å². The first-order chi connectivity index (χ1) is 16.1. The average Bonchev–Trinajstić information content (AvgIpc) is 3.24. The van der Waals surface area contributed by atoms with Gasteiger partial charge in [0.05, 0.1) is 0 Å². The molecule has 0 radical (unpaired) electrons. The Morgan fingerprint density at radius 3 is 2.00 bits per heavy atom. The SMILES string of the molecule is CCC1CN(Cc2cnc(-c3ccccc3)[nH]2)CCN1C.O=C(O)C(F)(F)F.O=C(O)C(F)(F)F. The quantitative estimate of drug-likeness (QED) is 0.534. The van der Waals surface area contributed by atoms with Gasteiger partial charge in [0.1, 0.15) is 5.82 Å². The summed E-state index contributed by atoms with van der Waals surface area (Å²) in [6.45, 7) is 6.66. The Morgan fingerprint density at radius 2 is 1.54 bits per heavy atom. The molecule has 1 aromatic heterocycles. The van der Waals surface area contributed by atoms with E-state index in [0.29, 0.717) is 6.04 Å². The highest BCUT2D eigenvalue weighted by Gasteiger charge is 2.38. The van der Waals surface area contributed by atoms with Crippen LogP contribution in [0.2, 0.25) is 0 Å². The van der Waals surface area contributed by atoms with Crippen molar-refractivity contribution in [2.45, 2.75) is 38.3 Å².